The fraction of sp³-hybridized carbons (Fsp3) is 0.214. The van der Waals surface area contributed by atoms with Crippen LogP contribution in [0.25, 0.3) is 0 Å². The molecule has 0 saturated heterocycles. The minimum atomic E-state index is -0.677. The van der Waals surface area contributed by atoms with Gasteiger partial charge in [0.2, 0.25) is 0 Å². The van der Waals surface area contributed by atoms with Gasteiger partial charge in [0, 0.05) is 24.1 Å². The molecule has 0 bridgehead atoms. The summed E-state index contributed by atoms with van der Waals surface area (Å²) in [5, 5.41) is 0.401. The van der Waals surface area contributed by atoms with Gasteiger partial charge in [-0.3, -0.25) is 4.98 Å². The number of pyridine rings is 1. The molecule has 0 fully saturated rings. The highest BCUT2D eigenvalue weighted by atomic mass is 79.9. The van der Waals surface area contributed by atoms with E-state index in [0.717, 1.165) is 5.56 Å². The Labute approximate surface area is 118 Å². The lowest BCUT2D eigenvalue weighted by molar-refractivity contribution is 0.288. The third kappa shape index (κ3) is 3.73. The number of hydrogen-bond donors (Lipinski definition) is 0. The van der Waals surface area contributed by atoms with E-state index in [1.807, 2.05) is 12.1 Å². The molecular weight excluding hydrogens is 316 g/mol. The number of halogens is 3. The van der Waals surface area contributed by atoms with Crippen LogP contribution in [-0.4, -0.2) is 11.6 Å². The zero-order valence-corrected chi connectivity index (χ0v) is 11.7. The van der Waals surface area contributed by atoms with Crippen molar-refractivity contribution in [2.24, 2.45) is 0 Å². The molecule has 2 rings (SSSR count). The molecule has 0 saturated carbocycles. The highest BCUT2D eigenvalue weighted by molar-refractivity contribution is 9.08. The summed E-state index contributed by atoms with van der Waals surface area (Å²) in [6, 6.07) is 6.20. The Kier molecular flexibility index (Phi) is 4.85. The molecule has 0 unspecified atom stereocenters. The van der Waals surface area contributed by atoms with Crippen LogP contribution in [0.2, 0.25) is 0 Å². The van der Waals surface area contributed by atoms with E-state index < -0.39 is 11.6 Å². The van der Waals surface area contributed by atoms with Gasteiger partial charge in [-0.25, -0.2) is 8.78 Å². The summed E-state index contributed by atoms with van der Waals surface area (Å²) in [6.45, 7) is 0.214. The Balaban J connectivity index is 2.00. The van der Waals surface area contributed by atoms with E-state index in [-0.39, 0.29) is 12.4 Å². The second-order valence-corrected chi connectivity index (χ2v) is 4.54. The highest BCUT2D eigenvalue weighted by Crippen LogP contribution is 2.24. The molecule has 2 nitrogen and oxygen atoms in total. The van der Waals surface area contributed by atoms with Gasteiger partial charge >= 0.3 is 0 Å². The Morgan fingerprint density at radius 1 is 1.05 bits per heavy atom. The van der Waals surface area contributed by atoms with E-state index in [0.29, 0.717) is 17.3 Å². The molecule has 5 heteroatoms. The van der Waals surface area contributed by atoms with Crippen molar-refractivity contribution in [3.63, 3.8) is 0 Å². The Hall–Kier alpha value is -1.49. The topological polar surface area (TPSA) is 22.1 Å². The maximum atomic E-state index is 13.6. The smallest absolute Gasteiger partial charge is 0.190 e. The minimum absolute atomic E-state index is 0.214. The molecule has 1 aromatic heterocycles. The lowest BCUT2D eigenvalue weighted by Gasteiger charge is -2.09. The van der Waals surface area contributed by atoms with Gasteiger partial charge in [0.15, 0.2) is 17.4 Å². The van der Waals surface area contributed by atoms with Crippen LogP contribution in [0.3, 0.4) is 0 Å². The molecule has 0 radical (unpaired) electrons. The SMILES string of the molecule is Fc1cc(CBr)cc(F)c1OCCc1ccncc1. The third-order valence-corrected chi connectivity index (χ3v) is 3.25. The first kappa shape index (κ1) is 13.9. The van der Waals surface area contributed by atoms with Gasteiger partial charge in [0.1, 0.15) is 0 Å². The third-order valence-electron chi connectivity index (χ3n) is 2.60. The summed E-state index contributed by atoms with van der Waals surface area (Å²) in [6.07, 6.45) is 3.91. The summed E-state index contributed by atoms with van der Waals surface area (Å²) in [7, 11) is 0. The van der Waals surface area contributed by atoms with E-state index in [9.17, 15) is 8.78 Å². The number of ether oxygens (including phenoxy) is 1. The molecule has 0 aliphatic carbocycles. The van der Waals surface area contributed by atoms with Crippen LogP contribution in [0.5, 0.6) is 5.75 Å². The van der Waals surface area contributed by atoms with Crippen LogP contribution >= 0.6 is 15.9 Å². The van der Waals surface area contributed by atoms with E-state index in [1.165, 1.54) is 12.1 Å². The maximum absolute atomic E-state index is 13.6. The van der Waals surface area contributed by atoms with Crippen LogP contribution in [0.4, 0.5) is 8.78 Å². The minimum Gasteiger partial charge on any atom is -0.487 e. The normalized spacial score (nSPS) is 10.5. The van der Waals surface area contributed by atoms with Crippen molar-refractivity contribution < 1.29 is 13.5 Å². The average molecular weight is 328 g/mol. The van der Waals surface area contributed by atoms with Crippen LogP contribution in [0, 0.1) is 11.6 Å². The van der Waals surface area contributed by atoms with Crippen LogP contribution in [0.15, 0.2) is 36.7 Å². The molecule has 0 spiro atoms. The molecule has 100 valence electrons. The van der Waals surface area contributed by atoms with Crippen molar-refractivity contribution in [1.82, 2.24) is 4.98 Å². The first-order valence-corrected chi connectivity index (χ1v) is 6.88. The first-order valence-electron chi connectivity index (χ1n) is 5.76. The second kappa shape index (κ2) is 6.61. The number of rotatable bonds is 5. The summed E-state index contributed by atoms with van der Waals surface area (Å²) in [5.74, 6) is -1.67. The summed E-state index contributed by atoms with van der Waals surface area (Å²) < 4.78 is 32.4. The molecular formula is C14H12BrF2NO. The second-order valence-electron chi connectivity index (χ2n) is 3.98. The molecule has 19 heavy (non-hydrogen) atoms. The standard InChI is InChI=1S/C14H12BrF2NO/c15-9-11-7-12(16)14(13(17)8-11)19-6-3-10-1-4-18-5-2-10/h1-2,4-5,7-8H,3,6,9H2. The zero-order chi connectivity index (χ0) is 13.7. The molecule has 0 N–H and O–H groups in total. The fourth-order valence-corrected chi connectivity index (χ4v) is 1.97. The Bertz CT molecular complexity index is 525. The average Bonchev–Trinajstić information content (AvgIpc) is 2.42. The van der Waals surface area contributed by atoms with Gasteiger partial charge in [0.25, 0.3) is 0 Å². The molecule has 0 aliphatic rings. The summed E-state index contributed by atoms with van der Waals surface area (Å²) in [5.41, 5.74) is 1.55. The van der Waals surface area contributed by atoms with Crippen LogP contribution in [0.1, 0.15) is 11.1 Å². The Morgan fingerprint density at radius 2 is 1.68 bits per heavy atom. The van der Waals surface area contributed by atoms with Crippen LogP contribution < -0.4 is 4.74 Å². The van der Waals surface area contributed by atoms with Gasteiger partial charge < -0.3 is 4.74 Å². The predicted octanol–water partition coefficient (Wildman–Crippen LogP) is 3.88. The van der Waals surface area contributed by atoms with Gasteiger partial charge in [-0.05, 0) is 35.4 Å². The summed E-state index contributed by atoms with van der Waals surface area (Å²) >= 11 is 3.15. The lowest BCUT2D eigenvalue weighted by atomic mass is 10.2. The maximum Gasteiger partial charge on any atom is 0.190 e. The van der Waals surface area contributed by atoms with Gasteiger partial charge in [-0.15, -0.1) is 0 Å². The molecule has 1 aromatic carbocycles. The van der Waals surface area contributed by atoms with Crippen LogP contribution in [-0.2, 0) is 11.8 Å². The van der Waals surface area contributed by atoms with Crippen molar-refractivity contribution in [3.8, 4) is 5.75 Å². The zero-order valence-electron chi connectivity index (χ0n) is 10.1. The largest absolute Gasteiger partial charge is 0.487 e. The van der Waals surface area contributed by atoms with Gasteiger partial charge in [0.05, 0.1) is 6.61 Å². The fourth-order valence-electron chi connectivity index (χ4n) is 1.65. The molecule has 1 heterocycles. The number of nitrogens with zero attached hydrogens (tertiary/aromatic N) is 1. The number of hydrogen-bond acceptors (Lipinski definition) is 2. The van der Waals surface area contributed by atoms with E-state index in [4.69, 9.17) is 4.74 Å². The molecule has 0 aliphatic heterocycles. The highest BCUT2D eigenvalue weighted by Gasteiger charge is 2.12. The lowest BCUT2D eigenvalue weighted by Crippen LogP contribution is -2.05. The quantitative estimate of drug-likeness (QED) is 0.777. The van der Waals surface area contributed by atoms with E-state index in [2.05, 4.69) is 20.9 Å². The molecule has 0 amide bonds. The van der Waals surface area contributed by atoms with Crippen molar-refractivity contribution in [1.29, 1.82) is 0 Å². The van der Waals surface area contributed by atoms with Gasteiger partial charge in [-0.1, -0.05) is 15.9 Å². The monoisotopic (exact) mass is 327 g/mol. The number of aromatic nitrogens is 1. The van der Waals surface area contributed by atoms with E-state index in [1.54, 1.807) is 12.4 Å². The van der Waals surface area contributed by atoms with Gasteiger partial charge in [-0.2, -0.15) is 0 Å². The van der Waals surface area contributed by atoms with Crippen molar-refractivity contribution in [2.45, 2.75) is 11.8 Å². The Morgan fingerprint density at radius 3 is 2.26 bits per heavy atom. The van der Waals surface area contributed by atoms with Crippen molar-refractivity contribution in [3.05, 3.63) is 59.4 Å². The predicted molar refractivity (Wildman–Crippen MR) is 72.4 cm³/mol. The van der Waals surface area contributed by atoms with Crippen molar-refractivity contribution in [2.75, 3.05) is 6.61 Å². The first-order chi connectivity index (χ1) is 9.20. The number of benzene rings is 1. The molecule has 0 atom stereocenters. The molecule has 2 aromatic rings. The number of alkyl halides is 1. The summed E-state index contributed by atoms with van der Waals surface area (Å²) in [4.78, 5) is 3.89. The van der Waals surface area contributed by atoms with Crippen molar-refractivity contribution >= 4 is 15.9 Å². The van der Waals surface area contributed by atoms with E-state index >= 15 is 0 Å².